The van der Waals surface area contributed by atoms with E-state index in [4.69, 9.17) is 11.6 Å². The minimum absolute atomic E-state index is 0.0807. The summed E-state index contributed by atoms with van der Waals surface area (Å²) in [6.45, 7) is 4.33. The summed E-state index contributed by atoms with van der Waals surface area (Å²) in [7, 11) is -3.53. The number of nitrogens with one attached hydrogen (secondary N) is 1. The van der Waals surface area contributed by atoms with E-state index in [1.165, 1.54) is 5.56 Å². The van der Waals surface area contributed by atoms with Gasteiger partial charge in [-0.2, -0.15) is 0 Å². The van der Waals surface area contributed by atoms with E-state index in [0.29, 0.717) is 18.0 Å². The average Bonchev–Trinajstić information content (AvgIpc) is 2.69. The third-order valence-corrected chi connectivity index (χ3v) is 7.60. The smallest absolute Gasteiger partial charge is 0.211 e. The summed E-state index contributed by atoms with van der Waals surface area (Å²) in [5.41, 5.74) is 3.32. The number of hydrogen-bond donors (Lipinski definition) is 1. The van der Waals surface area contributed by atoms with E-state index in [9.17, 15) is 8.42 Å². The predicted molar refractivity (Wildman–Crippen MR) is 122 cm³/mol. The lowest BCUT2D eigenvalue weighted by Crippen LogP contribution is -2.25. The molecule has 0 spiro atoms. The molecule has 1 unspecified atom stereocenters. The van der Waals surface area contributed by atoms with Crippen molar-refractivity contribution < 1.29 is 8.42 Å². The zero-order chi connectivity index (χ0) is 20.9. The van der Waals surface area contributed by atoms with Crippen LogP contribution in [0.15, 0.2) is 82.6 Å². The molecule has 0 saturated heterocycles. The average molecular weight is 446 g/mol. The lowest BCUT2D eigenvalue weighted by molar-refractivity contribution is 0.578. The molecule has 29 heavy (non-hydrogen) atoms. The first-order chi connectivity index (χ1) is 13.8. The maximum absolute atomic E-state index is 12.6. The molecule has 0 heterocycles. The molecule has 0 radical (unpaired) electrons. The van der Waals surface area contributed by atoms with E-state index in [1.807, 2.05) is 31.2 Å². The molecule has 3 aromatic rings. The van der Waals surface area contributed by atoms with Crippen molar-refractivity contribution in [1.29, 1.82) is 0 Å². The molecular formula is C23H24ClNO2S2. The van der Waals surface area contributed by atoms with Gasteiger partial charge in [0.2, 0.25) is 10.0 Å². The number of rotatable bonds is 8. The summed E-state index contributed by atoms with van der Waals surface area (Å²) in [5, 5.41) is 0.759. The molecule has 6 heteroatoms. The third-order valence-electron chi connectivity index (χ3n) is 4.55. The molecule has 0 fully saturated rings. The summed E-state index contributed by atoms with van der Waals surface area (Å²) in [4.78, 5) is 1.43. The molecule has 0 bridgehead atoms. The van der Waals surface area contributed by atoms with E-state index in [2.05, 4.69) is 35.9 Å². The van der Waals surface area contributed by atoms with Gasteiger partial charge in [0, 0.05) is 21.7 Å². The second kappa shape index (κ2) is 9.81. The Morgan fingerprint density at radius 1 is 0.931 bits per heavy atom. The van der Waals surface area contributed by atoms with Gasteiger partial charge in [0.05, 0.1) is 4.90 Å². The van der Waals surface area contributed by atoms with Crippen molar-refractivity contribution in [3.63, 3.8) is 0 Å². The van der Waals surface area contributed by atoms with Crippen LogP contribution in [0.1, 0.15) is 28.4 Å². The van der Waals surface area contributed by atoms with E-state index in [1.54, 1.807) is 36.0 Å². The molecule has 3 nitrogen and oxygen atoms in total. The van der Waals surface area contributed by atoms with Gasteiger partial charge >= 0.3 is 0 Å². The number of halogens is 1. The predicted octanol–water partition coefficient (Wildman–Crippen LogP) is 6.16. The first-order valence-electron chi connectivity index (χ1n) is 9.38. The van der Waals surface area contributed by atoms with E-state index < -0.39 is 10.0 Å². The van der Waals surface area contributed by atoms with Gasteiger partial charge in [0.1, 0.15) is 0 Å². The van der Waals surface area contributed by atoms with Gasteiger partial charge in [0.15, 0.2) is 0 Å². The van der Waals surface area contributed by atoms with Crippen LogP contribution in [0.4, 0.5) is 0 Å². The monoisotopic (exact) mass is 445 g/mol. The second-order valence-electron chi connectivity index (χ2n) is 6.97. The maximum Gasteiger partial charge on any atom is 0.240 e. The SMILES string of the molecule is Cc1ccc(SC(CCNS(=O)(=O)c2ccc(C)cc2)c2cccc(Cl)c2)cc1. The van der Waals surface area contributed by atoms with Crippen LogP contribution in [0.25, 0.3) is 0 Å². The molecule has 1 N–H and O–H groups in total. The topological polar surface area (TPSA) is 46.2 Å². The molecule has 0 aliphatic rings. The van der Waals surface area contributed by atoms with Crippen molar-refractivity contribution in [3.05, 3.63) is 94.5 Å². The number of thioether (sulfide) groups is 1. The molecular weight excluding hydrogens is 422 g/mol. The minimum Gasteiger partial charge on any atom is -0.211 e. The second-order valence-corrected chi connectivity index (χ2v) is 10.5. The number of aryl methyl sites for hydroxylation is 2. The van der Waals surface area contributed by atoms with E-state index >= 15 is 0 Å². The van der Waals surface area contributed by atoms with Gasteiger partial charge < -0.3 is 0 Å². The molecule has 1 atom stereocenters. The standard InChI is InChI=1S/C23H24ClNO2S2/c1-17-6-10-21(11-7-17)28-23(19-4-3-5-20(24)16-19)14-15-25-29(26,27)22-12-8-18(2)9-13-22/h3-13,16,23,25H,14-15H2,1-2H3. The first-order valence-corrected chi connectivity index (χ1v) is 12.1. The fourth-order valence-electron chi connectivity index (χ4n) is 2.91. The van der Waals surface area contributed by atoms with Gasteiger partial charge in [-0.15, -0.1) is 11.8 Å². The third kappa shape index (κ3) is 6.34. The van der Waals surface area contributed by atoms with Crippen molar-refractivity contribution in [2.75, 3.05) is 6.54 Å². The summed E-state index contributed by atoms with van der Waals surface area (Å²) < 4.78 is 27.9. The Labute approximate surface area is 182 Å². The minimum atomic E-state index is -3.53. The summed E-state index contributed by atoms with van der Waals surface area (Å²) in [5.74, 6) is 0. The summed E-state index contributed by atoms with van der Waals surface area (Å²) in [6.07, 6.45) is 0.643. The highest BCUT2D eigenvalue weighted by Gasteiger charge is 2.17. The highest BCUT2D eigenvalue weighted by Crippen LogP contribution is 2.38. The van der Waals surface area contributed by atoms with Crippen LogP contribution < -0.4 is 4.72 Å². The van der Waals surface area contributed by atoms with Crippen molar-refractivity contribution in [2.24, 2.45) is 0 Å². The number of benzene rings is 3. The lowest BCUT2D eigenvalue weighted by atomic mass is 10.1. The zero-order valence-corrected chi connectivity index (χ0v) is 18.8. The van der Waals surface area contributed by atoms with Crippen LogP contribution in [0.2, 0.25) is 5.02 Å². The van der Waals surface area contributed by atoms with Gasteiger partial charge in [0.25, 0.3) is 0 Å². The fourth-order valence-corrected chi connectivity index (χ4v) is 5.29. The molecule has 0 saturated carbocycles. The molecule has 0 aromatic heterocycles. The van der Waals surface area contributed by atoms with Crippen molar-refractivity contribution >= 4 is 33.4 Å². The first kappa shape index (κ1) is 21.9. The number of sulfonamides is 1. The van der Waals surface area contributed by atoms with Crippen LogP contribution >= 0.6 is 23.4 Å². The van der Waals surface area contributed by atoms with Gasteiger partial charge in [-0.25, -0.2) is 13.1 Å². The van der Waals surface area contributed by atoms with Crippen molar-refractivity contribution in [2.45, 2.75) is 35.3 Å². The zero-order valence-electron chi connectivity index (χ0n) is 16.4. The summed E-state index contributed by atoms with van der Waals surface area (Å²) in [6, 6.07) is 23.0. The molecule has 0 aliphatic heterocycles. The Morgan fingerprint density at radius 3 is 2.17 bits per heavy atom. The Bertz CT molecular complexity index is 1050. The fraction of sp³-hybridized carbons (Fsp3) is 0.217. The molecule has 0 aliphatic carbocycles. The quantitative estimate of drug-likeness (QED) is 0.422. The van der Waals surface area contributed by atoms with Crippen LogP contribution in [0, 0.1) is 13.8 Å². The number of hydrogen-bond acceptors (Lipinski definition) is 3. The molecule has 152 valence electrons. The van der Waals surface area contributed by atoms with Crippen LogP contribution in [0.3, 0.4) is 0 Å². The highest BCUT2D eigenvalue weighted by atomic mass is 35.5. The Morgan fingerprint density at radius 2 is 1.55 bits per heavy atom. The molecule has 3 rings (SSSR count). The Hall–Kier alpha value is -1.79. The van der Waals surface area contributed by atoms with Crippen LogP contribution in [0.5, 0.6) is 0 Å². The van der Waals surface area contributed by atoms with Crippen LogP contribution in [-0.2, 0) is 10.0 Å². The highest BCUT2D eigenvalue weighted by molar-refractivity contribution is 7.99. The molecule has 3 aromatic carbocycles. The van der Waals surface area contributed by atoms with Crippen LogP contribution in [-0.4, -0.2) is 15.0 Å². The van der Waals surface area contributed by atoms with E-state index in [0.717, 1.165) is 16.0 Å². The Balaban J connectivity index is 1.72. The largest absolute Gasteiger partial charge is 0.240 e. The van der Waals surface area contributed by atoms with Gasteiger partial charge in [-0.3, -0.25) is 0 Å². The lowest BCUT2D eigenvalue weighted by Gasteiger charge is -2.18. The normalized spacial score (nSPS) is 12.7. The summed E-state index contributed by atoms with van der Waals surface area (Å²) >= 11 is 7.91. The maximum atomic E-state index is 12.6. The molecule has 0 amide bonds. The van der Waals surface area contributed by atoms with E-state index in [-0.39, 0.29) is 10.1 Å². The van der Waals surface area contributed by atoms with Crippen molar-refractivity contribution in [1.82, 2.24) is 4.72 Å². The van der Waals surface area contributed by atoms with Crippen molar-refractivity contribution in [3.8, 4) is 0 Å². The van der Waals surface area contributed by atoms with Gasteiger partial charge in [-0.1, -0.05) is 59.1 Å². The van der Waals surface area contributed by atoms with Gasteiger partial charge in [-0.05, 0) is 62.2 Å². The Kier molecular flexibility index (Phi) is 7.41.